The molecule has 2 aliphatic heterocycles. The summed E-state index contributed by atoms with van der Waals surface area (Å²) in [5, 5.41) is 3.06. The number of aryl methyl sites for hydroxylation is 1. The molecule has 1 N–H and O–H groups in total. The van der Waals surface area contributed by atoms with Crippen LogP contribution < -0.4 is 10.5 Å². The Kier molecular flexibility index (Phi) is 4.55. The first kappa shape index (κ1) is 18.2. The highest BCUT2D eigenvalue weighted by atomic mass is 32.2. The minimum absolute atomic E-state index is 0.00465. The second kappa shape index (κ2) is 6.75. The number of hydrogen-bond donors (Lipinski definition) is 1. The Morgan fingerprint density at radius 2 is 1.96 bits per heavy atom. The third kappa shape index (κ3) is 3.63. The highest BCUT2D eigenvalue weighted by Crippen LogP contribution is 2.25. The van der Waals surface area contributed by atoms with Gasteiger partial charge in [-0.2, -0.15) is 0 Å². The van der Waals surface area contributed by atoms with Gasteiger partial charge in [0.25, 0.3) is 5.56 Å². The van der Waals surface area contributed by atoms with Crippen molar-refractivity contribution in [2.45, 2.75) is 19.4 Å². The molecule has 4 heterocycles. The first-order valence-electron chi connectivity index (χ1n) is 9.12. The van der Waals surface area contributed by atoms with Gasteiger partial charge in [-0.3, -0.25) is 9.89 Å². The van der Waals surface area contributed by atoms with E-state index in [1.165, 1.54) is 10.7 Å². The lowest BCUT2D eigenvalue weighted by Crippen LogP contribution is -2.45. The van der Waals surface area contributed by atoms with Gasteiger partial charge in [-0.15, -0.1) is 0 Å². The van der Waals surface area contributed by atoms with Crippen LogP contribution in [0.25, 0.3) is 11.3 Å². The zero-order valence-electron chi connectivity index (χ0n) is 15.6. The van der Waals surface area contributed by atoms with Gasteiger partial charge in [0.1, 0.15) is 0 Å². The normalized spacial score (nSPS) is 23.0. The lowest BCUT2D eigenvalue weighted by Gasteiger charge is -2.32. The van der Waals surface area contributed by atoms with Crippen molar-refractivity contribution in [1.82, 2.24) is 24.6 Å². The number of sulfone groups is 1. The van der Waals surface area contributed by atoms with Crippen molar-refractivity contribution in [3.05, 3.63) is 28.3 Å². The molecule has 1 atom stereocenters. The van der Waals surface area contributed by atoms with Crippen molar-refractivity contribution in [3.63, 3.8) is 0 Å². The summed E-state index contributed by atoms with van der Waals surface area (Å²) >= 11 is 0. The summed E-state index contributed by atoms with van der Waals surface area (Å²) < 4.78 is 24.8. The average Bonchev–Trinajstić information content (AvgIpc) is 3.17. The first-order valence-corrected chi connectivity index (χ1v) is 10.9. The van der Waals surface area contributed by atoms with Gasteiger partial charge < -0.3 is 9.80 Å². The molecule has 2 fully saturated rings. The number of nitrogens with zero attached hydrogens (tertiary/aromatic N) is 5. The van der Waals surface area contributed by atoms with Crippen molar-refractivity contribution >= 4 is 15.8 Å². The van der Waals surface area contributed by atoms with E-state index in [1.54, 1.807) is 6.20 Å². The minimum Gasteiger partial charge on any atom is -0.338 e. The Balaban J connectivity index is 1.59. The van der Waals surface area contributed by atoms with Gasteiger partial charge in [-0.1, -0.05) is 0 Å². The van der Waals surface area contributed by atoms with E-state index in [2.05, 4.69) is 31.9 Å². The van der Waals surface area contributed by atoms with Crippen LogP contribution in [0.1, 0.15) is 18.2 Å². The molecule has 10 heteroatoms. The third-order valence-electron chi connectivity index (χ3n) is 5.36. The summed E-state index contributed by atoms with van der Waals surface area (Å²) in [6.07, 6.45) is 2.19. The van der Waals surface area contributed by atoms with E-state index < -0.39 is 9.84 Å². The summed E-state index contributed by atoms with van der Waals surface area (Å²) in [6.45, 7) is 5.62. The summed E-state index contributed by atoms with van der Waals surface area (Å²) in [4.78, 5) is 25.9. The van der Waals surface area contributed by atoms with Crippen molar-refractivity contribution in [2.24, 2.45) is 0 Å². The predicted molar refractivity (Wildman–Crippen MR) is 103 cm³/mol. The number of hydrogen-bond acceptors (Lipinski definition) is 7. The van der Waals surface area contributed by atoms with Crippen molar-refractivity contribution in [1.29, 1.82) is 0 Å². The third-order valence-corrected chi connectivity index (χ3v) is 7.11. The molecule has 4 rings (SSSR count). The van der Waals surface area contributed by atoms with Gasteiger partial charge in [0.15, 0.2) is 9.84 Å². The van der Waals surface area contributed by atoms with E-state index in [9.17, 15) is 13.2 Å². The standard InChI is InChI=1S/C17H24N6O3S/c1-12-14(10-18-17(19-12)22-6-4-21(2)5-7-22)15-9-16(24)23(20-15)13-3-8-27(25,26)11-13/h9-10,13,20H,3-8,11H2,1-2H3. The second-order valence-electron chi connectivity index (χ2n) is 7.39. The molecule has 0 spiro atoms. The molecule has 0 saturated carbocycles. The van der Waals surface area contributed by atoms with Crippen LogP contribution in [-0.2, 0) is 9.84 Å². The molecular weight excluding hydrogens is 368 g/mol. The molecule has 0 aromatic carbocycles. The predicted octanol–water partition coefficient (Wildman–Crippen LogP) is 0.0532. The van der Waals surface area contributed by atoms with E-state index in [0.29, 0.717) is 18.1 Å². The van der Waals surface area contributed by atoms with Crippen LogP contribution >= 0.6 is 0 Å². The maximum atomic E-state index is 12.4. The summed E-state index contributed by atoms with van der Waals surface area (Å²) in [5.41, 5.74) is 1.93. The Morgan fingerprint density at radius 1 is 1.22 bits per heavy atom. The molecule has 0 aliphatic carbocycles. The van der Waals surface area contributed by atoms with Crippen LogP contribution in [0.4, 0.5) is 5.95 Å². The van der Waals surface area contributed by atoms with E-state index in [4.69, 9.17) is 0 Å². The molecule has 146 valence electrons. The molecule has 2 saturated heterocycles. The zero-order chi connectivity index (χ0) is 19.2. The maximum Gasteiger partial charge on any atom is 0.267 e. The maximum absolute atomic E-state index is 12.4. The van der Waals surface area contributed by atoms with E-state index in [-0.39, 0.29) is 23.1 Å². The van der Waals surface area contributed by atoms with Gasteiger partial charge in [-0.25, -0.2) is 23.1 Å². The molecule has 0 radical (unpaired) electrons. The fraction of sp³-hybridized carbons (Fsp3) is 0.588. The molecule has 2 aliphatic rings. The van der Waals surface area contributed by atoms with Crippen molar-refractivity contribution in [2.75, 3.05) is 49.6 Å². The number of nitrogens with one attached hydrogen (secondary N) is 1. The van der Waals surface area contributed by atoms with Crippen molar-refractivity contribution < 1.29 is 8.42 Å². The van der Waals surface area contributed by atoms with Gasteiger partial charge in [-0.05, 0) is 20.4 Å². The molecule has 9 nitrogen and oxygen atoms in total. The SMILES string of the molecule is Cc1nc(N2CCN(C)CC2)ncc1-c1cc(=O)n(C2CCS(=O)(=O)C2)[nH]1. The molecule has 2 aromatic heterocycles. The molecule has 0 amide bonds. The fourth-order valence-corrected chi connectivity index (χ4v) is 5.38. The number of aromatic amines is 1. The Morgan fingerprint density at radius 3 is 2.59 bits per heavy atom. The minimum atomic E-state index is -3.06. The Labute approximate surface area is 157 Å². The highest BCUT2D eigenvalue weighted by molar-refractivity contribution is 7.91. The summed E-state index contributed by atoms with van der Waals surface area (Å²) in [5.74, 6) is 0.832. The van der Waals surface area contributed by atoms with Gasteiger partial charge in [0.05, 0.1) is 28.9 Å². The van der Waals surface area contributed by atoms with Crippen LogP contribution in [-0.4, -0.2) is 77.8 Å². The van der Waals surface area contributed by atoms with Crippen LogP contribution in [0.3, 0.4) is 0 Å². The van der Waals surface area contributed by atoms with Crippen molar-refractivity contribution in [3.8, 4) is 11.3 Å². The largest absolute Gasteiger partial charge is 0.338 e. The molecule has 0 bridgehead atoms. The zero-order valence-corrected chi connectivity index (χ0v) is 16.4. The lowest BCUT2D eigenvalue weighted by molar-refractivity contribution is 0.311. The fourth-order valence-electron chi connectivity index (χ4n) is 3.68. The highest BCUT2D eigenvalue weighted by Gasteiger charge is 2.30. The van der Waals surface area contributed by atoms with Gasteiger partial charge in [0.2, 0.25) is 5.95 Å². The smallest absolute Gasteiger partial charge is 0.267 e. The average molecular weight is 392 g/mol. The first-order chi connectivity index (χ1) is 12.8. The summed E-state index contributed by atoms with van der Waals surface area (Å²) in [7, 11) is -0.959. The molecule has 2 aromatic rings. The van der Waals surface area contributed by atoms with E-state index >= 15 is 0 Å². The number of aromatic nitrogens is 4. The van der Waals surface area contributed by atoms with Crippen LogP contribution in [0.2, 0.25) is 0 Å². The van der Waals surface area contributed by atoms with E-state index in [1.807, 2.05) is 6.92 Å². The second-order valence-corrected chi connectivity index (χ2v) is 9.62. The number of anilines is 1. The number of H-pyrrole nitrogens is 1. The van der Waals surface area contributed by atoms with Gasteiger partial charge in [0, 0.05) is 44.0 Å². The number of likely N-dealkylation sites (N-methyl/N-ethyl adjacent to an activating group) is 1. The quantitative estimate of drug-likeness (QED) is 0.787. The van der Waals surface area contributed by atoms with Gasteiger partial charge >= 0.3 is 0 Å². The number of piperazine rings is 1. The Hall–Kier alpha value is -2.20. The van der Waals surface area contributed by atoms with E-state index in [0.717, 1.165) is 37.4 Å². The summed E-state index contributed by atoms with van der Waals surface area (Å²) in [6, 6.07) is 1.16. The Bertz CT molecular complexity index is 1000. The topological polar surface area (TPSA) is 104 Å². The lowest BCUT2D eigenvalue weighted by atomic mass is 10.2. The molecule has 27 heavy (non-hydrogen) atoms. The molecule has 1 unspecified atom stereocenters. The van der Waals surface area contributed by atoms with Crippen LogP contribution in [0.5, 0.6) is 0 Å². The molecular formula is C17H24N6O3S. The van der Waals surface area contributed by atoms with Crippen LogP contribution in [0.15, 0.2) is 17.1 Å². The van der Waals surface area contributed by atoms with Crippen LogP contribution in [0, 0.1) is 6.92 Å². The monoisotopic (exact) mass is 392 g/mol. The number of rotatable bonds is 3.